The van der Waals surface area contributed by atoms with Crippen LogP contribution in [0.2, 0.25) is 0 Å². The molecule has 5 aliphatic carbocycles. The molecular weight excluding hydrogens is 392 g/mol. The van der Waals surface area contributed by atoms with Gasteiger partial charge in [0.15, 0.2) is 0 Å². The first-order valence-corrected chi connectivity index (χ1v) is 13.7. The van der Waals surface area contributed by atoms with Gasteiger partial charge in [0, 0.05) is 0 Å². The molecular formula is C30H50O2. The van der Waals surface area contributed by atoms with Crippen LogP contribution in [0.4, 0.5) is 0 Å². The standard InChI is InChI=1S/C30H50O2/c1-18(2)19-11-13-27(5)15-16-29(7)20(24(19)27)9-10-23-28(6)17-21(31)25(32)26(3,4)22(28)12-14-30(23,29)8/h19-25,31-32H,1,9-17H2,2-8H3/t19-,20+,21+,22-,23+,24+,25+,27+,28-,29+,30+/m0/s1. The fourth-order valence-electron chi connectivity index (χ4n) is 11.6. The van der Waals surface area contributed by atoms with E-state index in [1.54, 1.807) is 0 Å². The summed E-state index contributed by atoms with van der Waals surface area (Å²) in [7, 11) is 0. The molecule has 5 rings (SSSR count). The van der Waals surface area contributed by atoms with Crippen LogP contribution in [0.5, 0.6) is 0 Å². The summed E-state index contributed by atoms with van der Waals surface area (Å²) in [4.78, 5) is 0. The van der Waals surface area contributed by atoms with Gasteiger partial charge in [0.2, 0.25) is 0 Å². The highest BCUT2D eigenvalue weighted by atomic mass is 16.3. The van der Waals surface area contributed by atoms with Gasteiger partial charge in [0.05, 0.1) is 12.2 Å². The van der Waals surface area contributed by atoms with E-state index >= 15 is 0 Å². The molecule has 5 aliphatic rings. The van der Waals surface area contributed by atoms with E-state index in [-0.39, 0.29) is 10.8 Å². The van der Waals surface area contributed by atoms with Gasteiger partial charge in [-0.3, -0.25) is 0 Å². The van der Waals surface area contributed by atoms with Crippen LogP contribution in [0.25, 0.3) is 0 Å². The molecule has 0 bridgehead atoms. The molecule has 0 heterocycles. The maximum Gasteiger partial charge on any atom is 0.0852 e. The van der Waals surface area contributed by atoms with Crippen molar-refractivity contribution in [3.8, 4) is 0 Å². The summed E-state index contributed by atoms with van der Waals surface area (Å²) in [6, 6.07) is 0. The highest BCUT2D eigenvalue weighted by Crippen LogP contribution is 2.77. The summed E-state index contributed by atoms with van der Waals surface area (Å²) in [6.45, 7) is 21.6. The summed E-state index contributed by atoms with van der Waals surface area (Å²) in [5.74, 6) is 3.46. The third-order valence-electron chi connectivity index (χ3n) is 13.4. The summed E-state index contributed by atoms with van der Waals surface area (Å²) in [5.41, 5.74) is 2.53. The normalized spacial score (nSPS) is 58.8. The Balaban J connectivity index is 1.55. The van der Waals surface area contributed by atoms with Crippen LogP contribution >= 0.6 is 0 Å². The number of hydrogen-bond acceptors (Lipinski definition) is 2. The molecule has 5 saturated carbocycles. The van der Waals surface area contributed by atoms with Gasteiger partial charge in [0.1, 0.15) is 0 Å². The van der Waals surface area contributed by atoms with Crippen LogP contribution < -0.4 is 0 Å². The average molecular weight is 443 g/mol. The van der Waals surface area contributed by atoms with E-state index in [2.05, 4.69) is 55.0 Å². The van der Waals surface area contributed by atoms with Gasteiger partial charge in [-0.1, -0.05) is 53.7 Å². The number of aliphatic hydroxyl groups excluding tert-OH is 2. The molecule has 0 aromatic heterocycles. The van der Waals surface area contributed by atoms with Gasteiger partial charge in [0.25, 0.3) is 0 Å². The van der Waals surface area contributed by atoms with Crippen LogP contribution in [0, 0.1) is 56.7 Å². The number of rotatable bonds is 1. The third-order valence-corrected chi connectivity index (χ3v) is 13.4. The SMILES string of the molecule is C=C(C)[C@@H]1CC[C@]2(C)CC[C@]3(C)[C@H](CC[C@@H]4[C@@]5(C)C[C@@H](O)[C@@H](O)C(C)(C)[C@@H]5CC[C@]43C)[C@@H]12. The second-order valence-corrected chi connectivity index (χ2v) is 14.9. The lowest BCUT2D eigenvalue weighted by Crippen LogP contribution is -2.68. The molecule has 0 radical (unpaired) electrons. The zero-order valence-corrected chi connectivity index (χ0v) is 22.0. The topological polar surface area (TPSA) is 40.5 Å². The number of hydrogen-bond donors (Lipinski definition) is 2. The molecule has 5 fully saturated rings. The lowest BCUT2D eigenvalue weighted by Gasteiger charge is -2.73. The van der Waals surface area contributed by atoms with E-state index in [1.807, 2.05) is 0 Å². The lowest BCUT2D eigenvalue weighted by atomic mass is 9.32. The number of aliphatic hydroxyl groups is 2. The number of fused-ring (bicyclic) bond motifs is 7. The predicted octanol–water partition coefficient (Wildman–Crippen LogP) is 7.00. The van der Waals surface area contributed by atoms with Crippen molar-refractivity contribution in [3.63, 3.8) is 0 Å². The molecule has 2 heteroatoms. The van der Waals surface area contributed by atoms with Gasteiger partial charge >= 0.3 is 0 Å². The molecule has 0 amide bonds. The zero-order valence-electron chi connectivity index (χ0n) is 22.0. The maximum atomic E-state index is 11.0. The van der Waals surface area contributed by atoms with Gasteiger partial charge in [-0.15, -0.1) is 0 Å². The zero-order chi connectivity index (χ0) is 23.5. The van der Waals surface area contributed by atoms with Crippen LogP contribution in [0.3, 0.4) is 0 Å². The number of allylic oxidation sites excluding steroid dienone is 1. The molecule has 32 heavy (non-hydrogen) atoms. The Morgan fingerprint density at radius 2 is 1.47 bits per heavy atom. The maximum absolute atomic E-state index is 11.0. The van der Waals surface area contributed by atoms with E-state index in [9.17, 15) is 10.2 Å². The molecule has 182 valence electrons. The minimum absolute atomic E-state index is 0.118. The second-order valence-electron chi connectivity index (χ2n) is 14.9. The quantitative estimate of drug-likeness (QED) is 0.429. The summed E-state index contributed by atoms with van der Waals surface area (Å²) >= 11 is 0. The van der Waals surface area contributed by atoms with E-state index < -0.39 is 12.2 Å². The molecule has 11 atom stereocenters. The van der Waals surface area contributed by atoms with E-state index in [0.29, 0.717) is 34.0 Å². The highest BCUT2D eigenvalue weighted by Gasteiger charge is 2.70. The fraction of sp³-hybridized carbons (Fsp3) is 0.933. The highest BCUT2D eigenvalue weighted by molar-refractivity contribution is 5.21. The Bertz CT molecular complexity index is 801. The Labute approximate surface area is 197 Å². The summed E-state index contributed by atoms with van der Waals surface area (Å²) < 4.78 is 0. The average Bonchev–Trinajstić information content (AvgIpc) is 3.05. The molecule has 0 aliphatic heterocycles. The van der Waals surface area contributed by atoms with E-state index in [1.165, 1.54) is 56.9 Å². The van der Waals surface area contributed by atoms with E-state index in [0.717, 1.165) is 18.3 Å². The van der Waals surface area contributed by atoms with Crippen molar-refractivity contribution in [2.24, 2.45) is 56.7 Å². The van der Waals surface area contributed by atoms with Gasteiger partial charge < -0.3 is 10.2 Å². The fourth-order valence-corrected chi connectivity index (χ4v) is 11.6. The predicted molar refractivity (Wildman–Crippen MR) is 132 cm³/mol. The smallest absolute Gasteiger partial charge is 0.0852 e. The first kappa shape index (κ1) is 23.4. The van der Waals surface area contributed by atoms with Crippen molar-refractivity contribution in [3.05, 3.63) is 12.2 Å². The van der Waals surface area contributed by atoms with Crippen LogP contribution in [-0.2, 0) is 0 Å². The van der Waals surface area contributed by atoms with Crippen LogP contribution in [0.15, 0.2) is 12.2 Å². The monoisotopic (exact) mass is 442 g/mol. The van der Waals surface area contributed by atoms with Crippen LogP contribution in [-0.4, -0.2) is 22.4 Å². The lowest BCUT2D eigenvalue weighted by molar-refractivity contribution is -0.262. The summed E-state index contributed by atoms with van der Waals surface area (Å²) in [5, 5.41) is 21.9. The summed E-state index contributed by atoms with van der Waals surface area (Å²) in [6.07, 6.45) is 10.2. The second kappa shape index (κ2) is 6.87. The van der Waals surface area contributed by atoms with Crippen LogP contribution in [0.1, 0.15) is 106 Å². The Morgan fingerprint density at radius 1 is 0.781 bits per heavy atom. The van der Waals surface area contributed by atoms with Crippen molar-refractivity contribution < 1.29 is 10.2 Å². The largest absolute Gasteiger partial charge is 0.390 e. The van der Waals surface area contributed by atoms with Crippen molar-refractivity contribution in [1.82, 2.24) is 0 Å². The van der Waals surface area contributed by atoms with Gasteiger partial charge in [-0.2, -0.15) is 0 Å². The van der Waals surface area contributed by atoms with Crippen molar-refractivity contribution in [1.29, 1.82) is 0 Å². The van der Waals surface area contributed by atoms with E-state index in [4.69, 9.17) is 0 Å². The Kier molecular flexibility index (Phi) is 5.02. The minimum atomic E-state index is -0.595. The van der Waals surface area contributed by atoms with Crippen molar-refractivity contribution in [2.45, 2.75) is 118 Å². The minimum Gasteiger partial charge on any atom is -0.390 e. The first-order chi connectivity index (χ1) is 14.7. The Hall–Kier alpha value is -0.340. The van der Waals surface area contributed by atoms with Gasteiger partial charge in [-0.05, 0) is 121 Å². The van der Waals surface area contributed by atoms with Crippen molar-refractivity contribution in [2.75, 3.05) is 0 Å². The third kappa shape index (κ3) is 2.66. The molecule has 0 aromatic rings. The molecule has 2 N–H and O–H groups in total. The van der Waals surface area contributed by atoms with Crippen molar-refractivity contribution >= 4 is 0 Å². The first-order valence-electron chi connectivity index (χ1n) is 13.7. The Morgan fingerprint density at radius 3 is 2.12 bits per heavy atom. The molecule has 2 nitrogen and oxygen atoms in total. The molecule has 0 saturated heterocycles. The molecule has 0 spiro atoms. The van der Waals surface area contributed by atoms with Gasteiger partial charge in [-0.25, -0.2) is 0 Å². The molecule has 0 unspecified atom stereocenters. The molecule has 0 aromatic carbocycles.